The molecule has 1 aliphatic rings. The van der Waals surface area contributed by atoms with Gasteiger partial charge in [-0.1, -0.05) is 41.9 Å². The Morgan fingerprint density at radius 1 is 1.27 bits per heavy atom. The number of hydrogen-bond donors (Lipinski definition) is 2. The van der Waals surface area contributed by atoms with Gasteiger partial charge in [0, 0.05) is 17.1 Å². The van der Waals surface area contributed by atoms with Crippen LogP contribution in [0.1, 0.15) is 24.0 Å². The molecule has 2 N–H and O–H groups in total. The minimum atomic E-state index is -0.0799. The van der Waals surface area contributed by atoms with Crippen molar-refractivity contribution in [1.82, 2.24) is 5.32 Å². The van der Waals surface area contributed by atoms with Gasteiger partial charge in [0.2, 0.25) is 5.91 Å². The molecule has 0 radical (unpaired) electrons. The molecular formula is C21H25ClN2O2. The van der Waals surface area contributed by atoms with E-state index in [4.69, 9.17) is 16.3 Å². The molecule has 138 valence electrons. The number of aryl methyl sites for hydroxylation is 1. The zero-order chi connectivity index (χ0) is 18.5. The van der Waals surface area contributed by atoms with Crippen LogP contribution in [0.4, 0.5) is 5.69 Å². The third-order valence-electron chi connectivity index (χ3n) is 4.77. The second-order valence-corrected chi connectivity index (χ2v) is 7.27. The van der Waals surface area contributed by atoms with E-state index >= 15 is 0 Å². The normalized spacial score (nSPS) is 14.7. The minimum absolute atomic E-state index is 0.0799. The highest BCUT2D eigenvalue weighted by Gasteiger charge is 2.31. The summed E-state index contributed by atoms with van der Waals surface area (Å²) < 4.78 is 5.32. The average Bonchev–Trinajstić information content (AvgIpc) is 3.47. The van der Waals surface area contributed by atoms with Gasteiger partial charge in [0.25, 0.3) is 0 Å². The highest BCUT2D eigenvalue weighted by molar-refractivity contribution is 6.31. The number of anilines is 1. The summed E-state index contributed by atoms with van der Waals surface area (Å²) in [7, 11) is 1.57. The van der Waals surface area contributed by atoms with E-state index in [0.717, 1.165) is 12.0 Å². The fourth-order valence-electron chi connectivity index (χ4n) is 3.12. The van der Waals surface area contributed by atoms with Crippen LogP contribution in [-0.4, -0.2) is 25.6 Å². The molecule has 1 atom stereocenters. The van der Waals surface area contributed by atoms with E-state index in [0.29, 0.717) is 28.4 Å². The molecule has 0 unspecified atom stereocenters. The van der Waals surface area contributed by atoms with Crippen LogP contribution in [0, 0.1) is 12.8 Å². The largest absolute Gasteiger partial charge is 0.495 e. The predicted molar refractivity (Wildman–Crippen MR) is 106 cm³/mol. The number of nitrogens with one attached hydrogen (secondary N) is 2. The molecule has 2 aromatic carbocycles. The molecule has 0 heterocycles. The quantitative estimate of drug-likeness (QED) is 0.729. The molecule has 4 nitrogen and oxygen atoms in total. The van der Waals surface area contributed by atoms with Crippen molar-refractivity contribution in [3.05, 3.63) is 58.6 Å². The van der Waals surface area contributed by atoms with Crippen LogP contribution in [-0.2, 0) is 11.2 Å². The molecule has 0 bridgehead atoms. The first kappa shape index (κ1) is 18.7. The van der Waals surface area contributed by atoms with Crippen molar-refractivity contribution < 1.29 is 9.53 Å². The van der Waals surface area contributed by atoms with E-state index in [1.165, 1.54) is 18.4 Å². The average molecular weight is 373 g/mol. The molecule has 1 aliphatic carbocycles. The SMILES string of the molecule is COc1cc(Cl)c(C)cc1NC(=O)CN[C@@H](Cc1ccccc1)C1CC1. The van der Waals surface area contributed by atoms with Crippen molar-refractivity contribution in [3.63, 3.8) is 0 Å². The summed E-state index contributed by atoms with van der Waals surface area (Å²) in [4.78, 5) is 12.4. The lowest BCUT2D eigenvalue weighted by molar-refractivity contribution is -0.115. The highest BCUT2D eigenvalue weighted by atomic mass is 35.5. The zero-order valence-corrected chi connectivity index (χ0v) is 16.0. The van der Waals surface area contributed by atoms with Crippen molar-refractivity contribution in [1.29, 1.82) is 0 Å². The molecule has 0 saturated heterocycles. The molecule has 3 rings (SSSR count). The van der Waals surface area contributed by atoms with Crippen molar-refractivity contribution in [2.45, 2.75) is 32.2 Å². The number of methoxy groups -OCH3 is 1. The Labute approximate surface area is 159 Å². The first-order valence-corrected chi connectivity index (χ1v) is 9.36. The van der Waals surface area contributed by atoms with Crippen LogP contribution in [0.2, 0.25) is 5.02 Å². The van der Waals surface area contributed by atoms with Crippen LogP contribution in [0.25, 0.3) is 0 Å². The summed E-state index contributed by atoms with van der Waals surface area (Å²) in [6.07, 6.45) is 3.41. The molecule has 1 fully saturated rings. The Kier molecular flexibility index (Phi) is 6.17. The topological polar surface area (TPSA) is 50.4 Å². The lowest BCUT2D eigenvalue weighted by atomic mass is 10.0. The maximum absolute atomic E-state index is 12.4. The van der Waals surface area contributed by atoms with Gasteiger partial charge in [0.1, 0.15) is 5.75 Å². The third-order valence-corrected chi connectivity index (χ3v) is 5.18. The van der Waals surface area contributed by atoms with E-state index in [2.05, 4.69) is 34.9 Å². The smallest absolute Gasteiger partial charge is 0.238 e. The van der Waals surface area contributed by atoms with E-state index < -0.39 is 0 Å². The van der Waals surface area contributed by atoms with E-state index in [9.17, 15) is 4.79 Å². The summed E-state index contributed by atoms with van der Waals surface area (Å²) >= 11 is 6.12. The number of carbonyl (C=O) groups is 1. The zero-order valence-electron chi connectivity index (χ0n) is 15.2. The van der Waals surface area contributed by atoms with Gasteiger partial charge in [-0.25, -0.2) is 0 Å². The van der Waals surface area contributed by atoms with Crippen LogP contribution in [0.5, 0.6) is 5.75 Å². The van der Waals surface area contributed by atoms with E-state index in [-0.39, 0.29) is 12.5 Å². The van der Waals surface area contributed by atoms with E-state index in [1.54, 1.807) is 13.2 Å². The fraction of sp³-hybridized carbons (Fsp3) is 0.381. The molecule has 26 heavy (non-hydrogen) atoms. The number of amides is 1. The first-order chi connectivity index (χ1) is 12.6. The summed E-state index contributed by atoms with van der Waals surface area (Å²) in [5.41, 5.74) is 2.84. The van der Waals surface area contributed by atoms with Crippen LogP contribution in [0.3, 0.4) is 0 Å². The molecular weight excluding hydrogens is 348 g/mol. The fourth-order valence-corrected chi connectivity index (χ4v) is 3.27. The van der Waals surface area contributed by atoms with Crippen molar-refractivity contribution >= 4 is 23.2 Å². The number of benzene rings is 2. The number of halogens is 1. The summed E-state index contributed by atoms with van der Waals surface area (Å²) in [6, 6.07) is 14.3. The van der Waals surface area contributed by atoms with E-state index in [1.807, 2.05) is 19.1 Å². The second kappa shape index (κ2) is 8.56. The van der Waals surface area contributed by atoms with Gasteiger partial charge in [-0.2, -0.15) is 0 Å². The van der Waals surface area contributed by atoms with Gasteiger partial charge in [0.15, 0.2) is 0 Å². The highest BCUT2D eigenvalue weighted by Crippen LogP contribution is 2.34. The number of hydrogen-bond acceptors (Lipinski definition) is 3. The molecule has 0 aromatic heterocycles. The molecule has 0 spiro atoms. The van der Waals surface area contributed by atoms with Gasteiger partial charge in [0.05, 0.1) is 19.3 Å². The standard InChI is InChI=1S/C21H25ClN2O2/c1-14-10-19(20(26-2)12-17(14)22)24-21(25)13-23-18(16-8-9-16)11-15-6-4-3-5-7-15/h3-7,10,12,16,18,23H,8-9,11,13H2,1-2H3,(H,24,25)/t18-/m0/s1. The Hall–Kier alpha value is -2.04. The third kappa shape index (κ3) is 4.99. The minimum Gasteiger partial charge on any atom is -0.495 e. The maximum atomic E-state index is 12.4. The summed E-state index contributed by atoms with van der Waals surface area (Å²) in [5, 5.41) is 6.98. The Balaban J connectivity index is 1.58. The summed E-state index contributed by atoms with van der Waals surface area (Å²) in [6.45, 7) is 2.18. The molecule has 2 aromatic rings. The lowest BCUT2D eigenvalue weighted by Gasteiger charge is -2.19. The van der Waals surface area contributed by atoms with Crippen molar-refractivity contribution in [2.24, 2.45) is 5.92 Å². The number of ether oxygens (including phenoxy) is 1. The molecule has 1 amide bonds. The lowest BCUT2D eigenvalue weighted by Crippen LogP contribution is -2.39. The summed E-state index contributed by atoms with van der Waals surface area (Å²) in [5.74, 6) is 1.15. The van der Waals surface area contributed by atoms with Gasteiger partial charge < -0.3 is 15.4 Å². The maximum Gasteiger partial charge on any atom is 0.238 e. The predicted octanol–water partition coefficient (Wildman–Crippen LogP) is 4.21. The van der Waals surface area contributed by atoms with Gasteiger partial charge in [-0.05, 0) is 49.3 Å². The first-order valence-electron chi connectivity index (χ1n) is 8.98. The van der Waals surface area contributed by atoms with Gasteiger partial charge in [-0.15, -0.1) is 0 Å². The second-order valence-electron chi connectivity index (χ2n) is 6.86. The number of rotatable bonds is 8. The molecule has 5 heteroatoms. The Morgan fingerprint density at radius 2 is 2.00 bits per heavy atom. The van der Waals surface area contributed by atoms with Crippen LogP contribution < -0.4 is 15.4 Å². The molecule has 0 aliphatic heterocycles. The number of carbonyl (C=O) groups excluding carboxylic acids is 1. The van der Waals surface area contributed by atoms with Crippen molar-refractivity contribution in [2.75, 3.05) is 19.0 Å². The van der Waals surface area contributed by atoms with Crippen LogP contribution in [0.15, 0.2) is 42.5 Å². The Bertz CT molecular complexity index is 760. The Morgan fingerprint density at radius 3 is 2.65 bits per heavy atom. The monoisotopic (exact) mass is 372 g/mol. The van der Waals surface area contributed by atoms with Gasteiger partial charge in [-0.3, -0.25) is 4.79 Å². The molecule has 1 saturated carbocycles. The van der Waals surface area contributed by atoms with Gasteiger partial charge >= 0.3 is 0 Å². The van der Waals surface area contributed by atoms with Crippen LogP contribution >= 0.6 is 11.6 Å². The van der Waals surface area contributed by atoms with Crippen molar-refractivity contribution in [3.8, 4) is 5.75 Å².